The number of anilines is 1. The van der Waals surface area contributed by atoms with Crippen LogP contribution in [0.25, 0.3) is 6.08 Å². The molecule has 190 valence electrons. The van der Waals surface area contributed by atoms with E-state index < -0.39 is 28.0 Å². The molecule has 0 unspecified atom stereocenters. The quantitative estimate of drug-likeness (QED) is 0.178. The lowest BCUT2D eigenvalue weighted by Crippen LogP contribution is -2.54. The molecule has 1 aliphatic rings. The van der Waals surface area contributed by atoms with E-state index in [1.807, 2.05) is 22.6 Å². The van der Waals surface area contributed by atoms with Gasteiger partial charge in [-0.25, -0.2) is 9.69 Å². The van der Waals surface area contributed by atoms with Crippen LogP contribution in [0.5, 0.6) is 11.5 Å². The molecule has 0 saturated carbocycles. The van der Waals surface area contributed by atoms with E-state index in [0.717, 1.165) is 4.90 Å². The van der Waals surface area contributed by atoms with Gasteiger partial charge in [-0.2, -0.15) is 8.42 Å². The minimum Gasteiger partial charge on any atom is -0.493 e. The Kier molecular flexibility index (Phi) is 7.57. The SMILES string of the molecule is COc1cc(/C=C2\C(=O)NC(=O)N(c3cc(Cl)ccc3C)C2=O)cc(I)c1OS(=O)(=O)c1ccccc1. The molecule has 9 nitrogen and oxygen atoms in total. The predicted octanol–water partition coefficient (Wildman–Crippen LogP) is 4.70. The molecule has 3 aromatic rings. The van der Waals surface area contributed by atoms with Crippen LogP contribution in [0.2, 0.25) is 5.02 Å². The zero-order valence-corrected chi connectivity index (χ0v) is 23.0. The van der Waals surface area contributed by atoms with Crippen LogP contribution in [0.3, 0.4) is 0 Å². The number of hydrogen-bond acceptors (Lipinski definition) is 7. The second kappa shape index (κ2) is 10.5. The summed E-state index contributed by atoms with van der Waals surface area (Å²) in [6.45, 7) is 1.70. The van der Waals surface area contributed by atoms with Crippen LogP contribution in [0.15, 0.2) is 71.1 Å². The van der Waals surface area contributed by atoms with Crippen LogP contribution in [-0.4, -0.2) is 33.4 Å². The largest absolute Gasteiger partial charge is 0.493 e. The molecule has 1 N–H and O–H groups in total. The zero-order chi connectivity index (χ0) is 26.9. The van der Waals surface area contributed by atoms with Gasteiger partial charge in [-0.05, 0) is 83.1 Å². The molecule has 0 aromatic heterocycles. The van der Waals surface area contributed by atoms with E-state index in [1.54, 1.807) is 37.3 Å². The predicted molar refractivity (Wildman–Crippen MR) is 145 cm³/mol. The lowest BCUT2D eigenvalue weighted by atomic mass is 10.1. The molecule has 1 heterocycles. The molecule has 4 rings (SSSR count). The smallest absolute Gasteiger partial charge is 0.339 e. The number of amides is 4. The topological polar surface area (TPSA) is 119 Å². The molecule has 3 aromatic carbocycles. The van der Waals surface area contributed by atoms with E-state index in [4.69, 9.17) is 20.5 Å². The van der Waals surface area contributed by atoms with Gasteiger partial charge in [0, 0.05) is 5.02 Å². The summed E-state index contributed by atoms with van der Waals surface area (Å²) in [6, 6.07) is 14.3. The minimum atomic E-state index is -4.15. The Bertz CT molecular complexity index is 1570. The number of benzene rings is 3. The number of carbonyl (C=O) groups is 3. The fourth-order valence-corrected chi connectivity index (χ4v) is 5.54. The van der Waals surface area contributed by atoms with Crippen molar-refractivity contribution in [1.29, 1.82) is 0 Å². The fourth-order valence-electron chi connectivity index (χ4n) is 3.52. The summed E-state index contributed by atoms with van der Waals surface area (Å²) < 4.78 is 36.5. The number of carbonyl (C=O) groups excluding carboxylic acids is 3. The molecule has 1 fully saturated rings. The number of aryl methyl sites for hydroxylation is 1. The Morgan fingerprint density at radius 3 is 2.41 bits per heavy atom. The number of ether oxygens (including phenoxy) is 1. The highest BCUT2D eigenvalue weighted by atomic mass is 127. The third-order valence-electron chi connectivity index (χ3n) is 5.30. The first kappa shape index (κ1) is 26.6. The molecule has 0 bridgehead atoms. The molecule has 4 amide bonds. The Labute approximate surface area is 231 Å². The van der Waals surface area contributed by atoms with Crippen LogP contribution in [0.1, 0.15) is 11.1 Å². The normalized spacial score (nSPS) is 15.1. The third-order valence-corrected chi connectivity index (χ3v) is 7.57. The van der Waals surface area contributed by atoms with E-state index in [0.29, 0.717) is 19.7 Å². The molecule has 1 aliphatic heterocycles. The number of hydrogen-bond donors (Lipinski definition) is 1. The summed E-state index contributed by atoms with van der Waals surface area (Å²) in [5.41, 5.74) is 0.845. The van der Waals surface area contributed by atoms with Crippen molar-refractivity contribution in [2.45, 2.75) is 11.8 Å². The maximum Gasteiger partial charge on any atom is 0.339 e. The standard InChI is InChI=1S/C25H18ClIN2O7S/c1-14-8-9-16(26)13-20(14)29-24(31)18(23(30)28-25(29)32)10-15-11-19(27)22(21(12-15)35-2)36-37(33,34)17-6-4-3-5-7-17/h3-13H,1-2H3,(H,28,30,32)/b18-10+. The number of barbiturate groups is 1. The summed E-state index contributed by atoms with van der Waals surface area (Å²) in [5.74, 6) is -1.73. The van der Waals surface area contributed by atoms with Crippen molar-refractivity contribution < 1.29 is 31.7 Å². The monoisotopic (exact) mass is 652 g/mol. The van der Waals surface area contributed by atoms with Crippen LogP contribution in [0, 0.1) is 10.5 Å². The molecule has 0 atom stereocenters. The Morgan fingerprint density at radius 2 is 1.73 bits per heavy atom. The maximum absolute atomic E-state index is 13.3. The van der Waals surface area contributed by atoms with Crippen LogP contribution in [-0.2, 0) is 19.7 Å². The van der Waals surface area contributed by atoms with Gasteiger partial charge >= 0.3 is 16.1 Å². The molecule has 0 radical (unpaired) electrons. The molecule has 1 saturated heterocycles. The number of methoxy groups -OCH3 is 1. The third kappa shape index (κ3) is 5.48. The Balaban J connectivity index is 1.73. The minimum absolute atomic E-state index is 0.0374. The van der Waals surface area contributed by atoms with Crippen LogP contribution >= 0.6 is 34.2 Å². The summed E-state index contributed by atoms with van der Waals surface area (Å²) in [4.78, 5) is 39.2. The molecule has 37 heavy (non-hydrogen) atoms. The number of rotatable bonds is 6. The van der Waals surface area contributed by atoms with Crippen molar-refractivity contribution in [3.05, 3.63) is 86.0 Å². The molecular weight excluding hydrogens is 635 g/mol. The lowest BCUT2D eigenvalue weighted by molar-refractivity contribution is -0.122. The highest BCUT2D eigenvalue weighted by Gasteiger charge is 2.37. The van der Waals surface area contributed by atoms with E-state index in [-0.39, 0.29) is 27.7 Å². The van der Waals surface area contributed by atoms with Gasteiger partial charge in [0.1, 0.15) is 10.5 Å². The number of imide groups is 2. The van der Waals surface area contributed by atoms with Crippen LogP contribution in [0.4, 0.5) is 10.5 Å². The van der Waals surface area contributed by atoms with Crippen molar-refractivity contribution in [3.8, 4) is 11.5 Å². The first-order valence-corrected chi connectivity index (χ1v) is 13.4. The van der Waals surface area contributed by atoms with Gasteiger partial charge in [0.2, 0.25) is 0 Å². The molecule has 12 heteroatoms. The van der Waals surface area contributed by atoms with E-state index in [1.165, 1.54) is 43.5 Å². The number of nitrogens with one attached hydrogen (secondary N) is 1. The Hall–Kier alpha value is -3.42. The second-order valence-corrected chi connectivity index (χ2v) is 10.9. The van der Waals surface area contributed by atoms with Crippen molar-refractivity contribution in [2.75, 3.05) is 12.0 Å². The van der Waals surface area contributed by atoms with Gasteiger partial charge in [0.05, 0.1) is 16.4 Å². The van der Waals surface area contributed by atoms with E-state index in [9.17, 15) is 22.8 Å². The van der Waals surface area contributed by atoms with Gasteiger partial charge in [0.25, 0.3) is 11.8 Å². The van der Waals surface area contributed by atoms with Gasteiger partial charge < -0.3 is 8.92 Å². The average Bonchev–Trinajstić information content (AvgIpc) is 2.85. The highest BCUT2D eigenvalue weighted by molar-refractivity contribution is 14.1. The zero-order valence-electron chi connectivity index (χ0n) is 19.3. The van der Waals surface area contributed by atoms with Crippen molar-refractivity contribution in [2.24, 2.45) is 0 Å². The lowest BCUT2D eigenvalue weighted by Gasteiger charge is -2.27. The summed E-state index contributed by atoms with van der Waals surface area (Å²) in [5, 5.41) is 2.47. The first-order valence-electron chi connectivity index (χ1n) is 10.6. The first-order chi connectivity index (χ1) is 17.5. The maximum atomic E-state index is 13.3. The van der Waals surface area contributed by atoms with Crippen molar-refractivity contribution >= 4 is 73.9 Å². The van der Waals surface area contributed by atoms with Gasteiger partial charge in [-0.3, -0.25) is 14.9 Å². The van der Waals surface area contributed by atoms with Crippen LogP contribution < -0.4 is 19.1 Å². The number of urea groups is 1. The summed E-state index contributed by atoms with van der Waals surface area (Å²) >= 11 is 7.92. The number of nitrogens with zero attached hydrogens (tertiary/aromatic N) is 1. The Morgan fingerprint density at radius 1 is 1.03 bits per heavy atom. The van der Waals surface area contributed by atoms with E-state index in [2.05, 4.69) is 5.32 Å². The van der Waals surface area contributed by atoms with Gasteiger partial charge in [-0.1, -0.05) is 35.9 Å². The highest BCUT2D eigenvalue weighted by Crippen LogP contribution is 2.37. The fraction of sp³-hybridized carbons (Fsp3) is 0.0800. The average molecular weight is 653 g/mol. The van der Waals surface area contributed by atoms with E-state index >= 15 is 0 Å². The molecule has 0 aliphatic carbocycles. The van der Waals surface area contributed by atoms with Crippen molar-refractivity contribution in [1.82, 2.24) is 5.32 Å². The molecule has 0 spiro atoms. The molecular formula is C25H18ClIN2O7S. The summed E-state index contributed by atoms with van der Waals surface area (Å²) in [6.07, 6.45) is 1.27. The second-order valence-electron chi connectivity index (χ2n) is 7.77. The van der Waals surface area contributed by atoms with Gasteiger partial charge in [-0.15, -0.1) is 0 Å². The van der Waals surface area contributed by atoms with Gasteiger partial charge in [0.15, 0.2) is 11.5 Å². The summed E-state index contributed by atoms with van der Waals surface area (Å²) in [7, 11) is -2.83. The number of halogens is 2. The van der Waals surface area contributed by atoms with Crippen molar-refractivity contribution in [3.63, 3.8) is 0 Å².